The second kappa shape index (κ2) is 8.99. The van der Waals surface area contributed by atoms with E-state index in [-0.39, 0.29) is 6.42 Å². The van der Waals surface area contributed by atoms with Gasteiger partial charge in [-0.05, 0) is 70.8 Å². The van der Waals surface area contributed by atoms with E-state index in [9.17, 15) is 9.59 Å². The summed E-state index contributed by atoms with van der Waals surface area (Å²) >= 11 is 0. The number of rotatable bonds is 6. The third-order valence-corrected chi connectivity index (χ3v) is 6.30. The first-order valence-electron chi connectivity index (χ1n) is 11.0. The molecule has 1 aromatic carbocycles. The molecule has 2 aliphatic rings. The Kier molecular flexibility index (Phi) is 6.82. The monoisotopic (exact) mass is 474 g/mol. The number of ketones is 1. The van der Waals surface area contributed by atoms with Crippen LogP contribution < -0.4 is 4.74 Å². The minimum absolute atomic E-state index is 0.253. The Hall–Kier alpha value is -2.58. The van der Waals surface area contributed by atoms with Crippen molar-refractivity contribution >= 4 is 25.8 Å². The summed E-state index contributed by atoms with van der Waals surface area (Å²) in [5.41, 5.74) is -1.74. The quantitative estimate of drug-likeness (QED) is 0.341. The molecule has 0 saturated carbocycles. The van der Waals surface area contributed by atoms with Gasteiger partial charge >= 0.3 is 5.97 Å². The van der Waals surface area contributed by atoms with Gasteiger partial charge in [0.05, 0.1) is 12.9 Å². The zero-order chi connectivity index (χ0) is 24.6. The van der Waals surface area contributed by atoms with E-state index >= 15 is 0 Å². The minimum Gasteiger partial charge on any atom is -0.547 e. The summed E-state index contributed by atoms with van der Waals surface area (Å²) in [5, 5.41) is 0. The molecule has 0 saturated heterocycles. The molecule has 1 heterocycles. The minimum atomic E-state index is -1.95. The molecule has 0 unspecified atom stereocenters. The summed E-state index contributed by atoms with van der Waals surface area (Å²) in [5.74, 6) is 0.666. The first-order chi connectivity index (χ1) is 15.3. The molecule has 0 fully saturated rings. The summed E-state index contributed by atoms with van der Waals surface area (Å²) in [4.78, 5) is 27.3. The van der Waals surface area contributed by atoms with E-state index in [2.05, 4.69) is 19.6 Å². The molecule has 0 amide bonds. The van der Waals surface area contributed by atoms with Gasteiger partial charge in [-0.25, -0.2) is 0 Å². The summed E-state index contributed by atoms with van der Waals surface area (Å²) in [6, 6.07) is 7.20. The molecule has 33 heavy (non-hydrogen) atoms. The predicted molar refractivity (Wildman–Crippen MR) is 127 cm³/mol. The smallest absolute Gasteiger partial charge is 0.327 e. The van der Waals surface area contributed by atoms with Crippen molar-refractivity contribution in [3.8, 4) is 5.75 Å². The lowest BCUT2D eigenvalue weighted by atomic mass is 9.67. The molecular weight excluding hydrogens is 440 g/mol. The predicted octanol–water partition coefficient (Wildman–Crippen LogP) is 4.49. The van der Waals surface area contributed by atoms with Crippen molar-refractivity contribution in [2.24, 2.45) is 5.41 Å². The van der Waals surface area contributed by atoms with E-state index < -0.39 is 43.3 Å². The summed E-state index contributed by atoms with van der Waals surface area (Å²) in [6.45, 7) is 11.5. The fourth-order valence-corrected chi connectivity index (χ4v) is 5.03. The topological polar surface area (TPSA) is 80.3 Å². The van der Waals surface area contributed by atoms with E-state index in [4.69, 9.17) is 23.4 Å². The van der Waals surface area contributed by atoms with Crippen molar-refractivity contribution < 1.29 is 33.0 Å². The lowest BCUT2D eigenvalue weighted by molar-refractivity contribution is -0.189. The Morgan fingerprint density at radius 1 is 1.12 bits per heavy atom. The standard InChI is InChI=1S/C25H34O7Si/c1-24(2,3)31-23(27)25-20(26)15-19(16-9-11-17(28-4)12-10-16)30-22(25)14-18(13-21(25)29-5)32-33(6,7)8/h9-13,15,21-22H,14H2,1-8H3/t21-,22+,25+/m1/s1. The highest BCUT2D eigenvalue weighted by Crippen LogP contribution is 2.47. The first-order valence-corrected chi connectivity index (χ1v) is 14.4. The summed E-state index contributed by atoms with van der Waals surface area (Å²) < 4.78 is 29.2. The van der Waals surface area contributed by atoms with Crippen LogP contribution in [0.3, 0.4) is 0 Å². The van der Waals surface area contributed by atoms with Gasteiger partial charge in [-0.3, -0.25) is 9.59 Å². The molecule has 1 aromatic rings. The van der Waals surface area contributed by atoms with Crippen molar-refractivity contribution in [3.63, 3.8) is 0 Å². The third-order valence-electron chi connectivity index (χ3n) is 5.42. The van der Waals surface area contributed by atoms with Crippen LogP contribution in [0.1, 0.15) is 32.8 Å². The molecule has 0 N–H and O–H groups in total. The van der Waals surface area contributed by atoms with Crippen LogP contribution in [0, 0.1) is 5.41 Å². The van der Waals surface area contributed by atoms with E-state index in [0.29, 0.717) is 22.8 Å². The molecule has 3 atom stereocenters. The number of methoxy groups -OCH3 is 2. The van der Waals surface area contributed by atoms with Gasteiger partial charge in [-0.2, -0.15) is 0 Å². The van der Waals surface area contributed by atoms with Crippen LogP contribution in [0.2, 0.25) is 19.6 Å². The average molecular weight is 475 g/mol. The fourth-order valence-electron chi connectivity index (χ4n) is 4.09. The van der Waals surface area contributed by atoms with Crippen molar-refractivity contribution in [2.45, 2.75) is 64.6 Å². The Morgan fingerprint density at radius 3 is 2.27 bits per heavy atom. The maximum absolute atomic E-state index is 13.7. The van der Waals surface area contributed by atoms with Crippen LogP contribution in [0.25, 0.3) is 5.76 Å². The van der Waals surface area contributed by atoms with Crippen LogP contribution in [0.15, 0.2) is 42.2 Å². The molecule has 1 aliphatic heterocycles. The van der Waals surface area contributed by atoms with E-state index in [1.807, 2.05) is 12.1 Å². The number of hydrogen-bond donors (Lipinski definition) is 0. The normalized spacial score (nSPS) is 25.3. The molecule has 0 radical (unpaired) electrons. The third kappa shape index (κ3) is 5.17. The molecule has 0 spiro atoms. The number of allylic oxidation sites excluding steroid dienone is 1. The van der Waals surface area contributed by atoms with Gasteiger partial charge in [0.15, 0.2) is 11.2 Å². The highest BCUT2D eigenvalue weighted by molar-refractivity contribution is 6.70. The Labute approximate surface area is 196 Å². The van der Waals surface area contributed by atoms with Crippen LogP contribution in [-0.2, 0) is 28.2 Å². The van der Waals surface area contributed by atoms with Gasteiger partial charge < -0.3 is 23.4 Å². The summed E-state index contributed by atoms with van der Waals surface area (Å²) in [6.07, 6.45) is 1.61. The number of carbonyl (C=O) groups is 2. The van der Waals surface area contributed by atoms with E-state index in [1.54, 1.807) is 46.1 Å². The van der Waals surface area contributed by atoms with Crippen molar-refractivity contribution in [1.82, 2.24) is 0 Å². The lowest BCUT2D eigenvalue weighted by Crippen LogP contribution is -2.62. The van der Waals surface area contributed by atoms with Crippen LogP contribution >= 0.6 is 0 Å². The number of hydrogen-bond acceptors (Lipinski definition) is 7. The molecule has 180 valence electrons. The molecule has 3 rings (SSSR count). The maximum atomic E-state index is 13.7. The second-order valence-electron chi connectivity index (χ2n) is 10.3. The largest absolute Gasteiger partial charge is 0.547 e. The number of ether oxygens (including phenoxy) is 4. The highest BCUT2D eigenvalue weighted by atomic mass is 28.4. The maximum Gasteiger partial charge on any atom is 0.327 e. The SMILES string of the molecule is COc1ccc(C2=CC(=O)[C@@]3(C(=O)OC(C)(C)C)[C@H](CC(O[Si](C)(C)C)=C[C@H]3OC)O2)cc1. The van der Waals surface area contributed by atoms with E-state index in [1.165, 1.54) is 13.2 Å². The van der Waals surface area contributed by atoms with Gasteiger partial charge in [-0.15, -0.1) is 0 Å². The number of carbonyl (C=O) groups excluding carboxylic acids is 2. The van der Waals surface area contributed by atoms with Gasteiger partial charge in [0.2, 0.25) is 8.32 Å². The molecule has 0 bridgehead atoms. The van der Waals surface area contributed by atoms with Crippen LogP contribution in [0.5, 0.6) is 5.75 Å². The first kappa shape index (κ1) is 25.0. The Bertz CT molecular complexity index is 966. The van der Waals surface area contributed by atoms with Gasteiger partial charge in [-0.1, -0.05) is 0 Å². The van der Waals surface area contributed by atoms with Gasteiger partial charge in [0.25, 0.3) is 0 Å². The number of esters is 1. The van der Waals surface area contributed by atoms with Crippen LogP contribution in [0.4, 0.5) is 0 Å². The average Bonchev–Trinajstić information content (AvgIpc) is 2.70. The second-order valence-corrected chi connectivity index (χ2v) is 14.7. The van der Waals surface area contributed by atoms with Crippen molar-refractivity contribution in [1.29, 1.82) is 0 Å². The number of benzene rings is 1. The Balaban J connectivity index is 2.10. The van der Waals surface area contributed by atoms with Crippen molar-refractivity contribution in [3.05, 3.63) is 47.7 Å². The van der Waals surface area contributed by atoms with Crippen LogP contribution in [-0.4, -0.2) is 52.1 Å². The lowest BCUT2D eigenvalue weighted by Gasteiger charge is -2.47. The van der Waals surface area contributed by atoms with Gasteiger partial charge in [0, 0.05) is 25.2 Å². The molecular formula is C25H34O7Si. The Morgan fingerprint density at radius 2 is 1.76 bits per heavy atom. The van der Waals surface area contributed by atoms with Gasteiger partial charge in [0.1, 0.15) is 29.3 Å². The molecule has 1 aliphatic carbocycles. The molecule has 0 aromatic heterocycles. The zero-order valence-corrected chi connectivity index (χ0v) is 21.7. The summed E-state index contributed by atoms with van der Waals surface area (Å²) in [7, 11) is 1.11. The fraction of sp³-hybridized carbons (Fsp3) is 0.520. The number of fused-ring (bicyclic) bond motifs is 1. The molecule has 7 nitrogen and oxygen atoms in total. The molecule has 8 heteroatoms. The van der Waals surface area contributed by atoms with E-state index in [0.717, 1.165) is 0 Å². The zero-order valence-electron chi connectivity index (χ0n) is 20.7. The van der Waals surface area contributed by atoms with Crippen molar-refractivity contribution in [2.75, 3.05) is 14.2 Å². The highest BCUT2D eigenvalue weighted by Gasteiger charge is 2.64.